The molecule has 1 heterocycles. The Morgan fingerprint density at radius 1 is 0.909 bits per heavy atom. The lowest BCUT2D eigenvalue weighted by molar-refractivity contribution is 0.175. The van der Waals surface area contributed by atoms with Gasteiger partial charge in [0.25, 0.3) is 0 Å². The van der Waals surface area contributed by atoms with Gasteiger partial charge in [-0.15, -0.1) is 5.53 Å². The molecule has 0 aliphatic carbocycles. The zero-order chi connectivity index (χ0) is 9.02. The maximum absolute atomic E-state index is 3.11. The van der Waals surface area contributed by atoms with E-state index in [1.165, 1.54) is 11.4 Å². The first kappa shape index (κ1) is 10.3. The van der Waals surface area contributed by atoms with Crippen molar-refractivity contribution in [3.05, 3.63) is 11.4 Å². The van der Waals surface area contributed by atoms with Gasteiger partial charge in [-0.1, -0.05) is 13.8 Å². The summed E-state index contributed by atoms with van der Waals surface area (Å²) in [5, 5.41) is 3.99. The molecule has 3 nitrogen and oxygen atoms in total. The van der Waals surface area contributed by atoms with Gasteiger partial charge in [0.05, 0.1) is 0 Å². The molecular weight excluding hydrogens is 138 g/mol. The molecular formula is C8H19N3. The van der Waals surface area contributed by atoms with Crippen LogP contribution in [0.2, 0.25) is 0 Å². The second-order valence-electron chi connectivity index (χ2n) is 2.39. The van der Waals surface area contributed by atoms with Crippen LogP contribution in [0.1, 0.15) is 27.7 Å². The number of rotatable bonds is 0. The molecule has 0 atom stereocenters. The Labute approximate surface area is 69.6 Å². The fraction of sp³-hybridized carbons (Fsp3) is 0.750. The van der Waals surface area contributed by atoms with E-state index in [0.717, 1.165) is 0 Å². The Bertz CT molecular complexity index is 135. The summed E-state index contributed by atoms with van der Waals surface area (Å²) in [6, 6.07) is 0. The normalized spacial score (nSPS) is 16.9. The molecule has 1 rings (SSSR count). The lowest BCUT2D eigenvalue weighted by Crippen LogP contribution is -2.35. The van der Waals surface area contributed by atoms with Crippen molar-refractivity contribution in [2.75, 3.05) is 14.1 Å². The van der Waals surface area contributed by atoms with Crippen LogP contribution < -0.4 is 5.53 Å². The highest BCUT2D eigenvalue weighted by Gasteiger charge is 2.14. The van der Waals surface area contributed by atoms with Crippen molar-refractivity contribution in [1.29, 1.82) is 0 Å². The van der Waals surface area contributed by atoms with Gasteiger partial charge in [0, 0.05) is 25.5 Å². The van der Waals surface area contributed by atoms with E-state index in [0.29, 0.717) is 0 Å². The molecule has 3 heteroatoms. The van der Waals surface area contributed by atoms with Crippen LogP contribution in [-0.2, 0) is 0 Å². The third-order valence-corrected chi connectivity index (χ3v) is 1.83. The third kappa shape index (κ3) is 2.12. The van der Waals surface area contributed by atoms with E-state index in [9.17, 15) is 0 Å². The van der Waals surface area contributed by atoms with Gasteiger partial charge in [-0.2, -0.15) is 0 Å². The van der Waals surface area contributed by atoms with Crippen LogP contribution in [0.4, 0.5) is 0 Å². The smallest absolute Gasteiger partial charge is 0.0480 e. The van der Waals surface area contributed by atoms with Crippen molar-refractivity contribution in [3.8, 4) is 0 Å². The monoisotopic (exact) mass is 157 g/mol. The third-order valence-electron chi connectivity index (χ3n) is 1.83. The molecule has 0 aromatic rings. The highest BCUT2D eigenvalue weighted by atomic mass is 15.8. The number of nitrogens with one attached hydrogen (secondary N) is 1. The minimum atomic E-state index is 1.28. The van der Waals surface area contributed by atoms with E-state index in [1.807, 2.05) is 38.0 Å². The number of hydrogen-bond acceptors (Lipinski definition) is 3. The molecule has 0 bridgehead atoms. The summed E-state index contributed by atoms with van der Waals surface area (Å²) in [5.74, 6) is 0. The predicted octanol–water partition coefficient (Wildman–Crippen LogP) is 1.56. The molecule has 0 aromatic carbocycles. The first-order valence-corrected chi connectivity index (χ1v) is 4.04. The van der Waals surface area contributed by atoms with E-state index in [2.05, 4.69) is 19.4 Å². The fourth-order valence-corrected chi connectivity index (χ4v) is 0.860. The average Bonchev–Trinajstić information content (AvgIpc) is 2.22. The molecule has 0 radical (unpaired) electrons. The molecule has 1 N–H and O–H groups in total. The van der Waals surface area contributed by atoms with Gasteiger partial charge in [0.1, 0.15) is 0 Å². The SMILES string of the molecule is CC.CC1=C(C)N(C)NN1C. The molecule has 0 fully saturated rings. The van der Waals surface area contributed by atoms with Crippen molar-refractivity contribution in [2.45, 2.75) is 27.7 Å². The summed E-state index contributed by atoms with van der Waals surface area (Å²) < 4.78 is 0. The molecule has 0 amide bonds. The Kier molecular flexibility index (Phi) is 3.97. The summed E-state index contributed by atoms with van der Waals surface area (Å²) in [7, 11) is 4.00. The highest BCUT2D eigenvalue weighted by molar-refractivity contribution is 5.08. The first-order valence-electron chi connectivity index (χ1n) is 4.04. The van der Waals surface area contributed by atoms with E-state index in [-0.39, 0.29) is 0 Å². The van der Waals surface area contributed by atoms with Crippen molar-refractivity contribution >= 4 is 0 Å². The van der Waals surface area contributed by atoms with Crippen LogP contribution in [0.15, 0.2) is 11.4 Å². The lowest BCUT2D eigenvalue weighted by Gasteiger charge is -2.16. The Morgan fingerprint density at radius 3 is 1.27 bits per heavy atom. The quantitative estimate of drug-likeness (QED) is 0.575. The van der Waals surface area contributed by atoms with Gasteiger partial charge < -0.3 is 0 Å². The van der Waals surface area contributed by atoms with Crippen LogP contribution in [0.25, 0.3) is 0 Å². The molecule has 0 saturated carbocycles. The van der Waals surface area contributed by atoms with E-state index < -0.39 is 0 Å². The molecule has 0 unspecified atom stereocenters. The summed E-state index contributed by atoms with van der Waals surface area (Å²) >= 11 is 0. The first-order chi connectivity index (χ1) is 5.13. The van der Waals surface area contributed by atoms with Crippen LogP contribution in [0, 0.1) is 0 Å². The molecule has 1 aliphatic heterocycles. The van der Waals surface area contributed by atoms with Crippen LogP contribution >= 0.6 is 0 Å². The standard InChI is InChI=1S/C6H13N3.C2H6/c1-5-6(2)9(4)7-8(5)3;1-2/h7H,1-4H3;1-2H3. The number of hydrazine groups is 2. The van der Waals surface area contributed by atoms with Gasteiger partial charge in [0.15, 0.2) is 0 Å². The van der Waals surface area contributed by atoms with Crippen molar-refractivity contribution in [3.63, 3.8) is 0 Å². The topological polar surface area (TPSA) is 18.5 Å². The summed E-state index contributed by atoms with van der Waals surface area (Å²) in [5.41, 5.74) is 5.66. The minimum Gasteiger partial charge on any atom is -0.296 e. The number of nitrogens with zero attached hydrogens (tertiary/aromatic N) is 2. The van der Waals surface area contributed by atoms with Gasteiger partial charge in [-0.25, -0.2) is 0 Å². The van der Waals surface area contributed by atoms with Crippen molar-refractivity contribution < 1.29 is 0 Å². The van der Waals surface area contributed by atoms with E-state index in [4.69, 9.17) is 0 Å². The van der Waals surface area contributed by atoms with E-state index in [1.54, 1.807) is 0 Å². The summed E-state index contributed by atoms with van der Waals surface area (Å²) in [6.45, 7) is 8.18. The maximum Gasteiger partial charge on any atom is 0.0480 e. The average molecular weight is 157 g/mol. The highest BCUT2D eigenvalue weighted by Crippen LogP contribution is 2.13. The summed E-state index contributed by atoms with van der Waals surface area (Å²) in [6.07, 6.45) is 0. The Balaban J connectivity index is 0.000000461. The number of hydrogen-bond donors (Lipinski definition) is 1. The lowest BCUT2D eigenvalue weighted by atomic mass is 10.4. The predicted molar refractivity (Wildman–Crippen MR) is 48.4 cm³/mol. The fourth-order valence-electron chi connectivity index (χ4n) is 0.860. The molecule has 0 saturated heterocycles. The van der Waals surface area contributed by atoms with Gasteiger partial charge in [-0.3, -0.25) is 10.0 Å². The molecule has 1 aliphatic rings. The van der Waals surface area contributed by atoms with E-state index >= 15 is 0 Å². The van der Waals surface area contributed by atoms with Crippen LogP contribution in [0.3, 0.4) is 0 Å². The molecule has 0 aromatic heterocycles. The molecule has 11 heavy (non-hydrogen) atoms. The van der Waals surface area contributed by atoms with Gasteiger partial charge in [-0.05, 0) is 13.8 Å². The maximum atomic E-state index is 3.11. The minimum absolute atomic E-state index is 1.28. The van der Waals surface area contributed by atoms with Gasteiger partial charge in [0.2, 0.25) is 0 Å². The molecule has 66 valence electrons. The van der Waals surface area contributed by atoms with Crippen molar-refractivity contribution in [1.82, 2.24) is 15.6 Å². The second-order valence-corrected chi connectivity index (χ2v) is 2.39. The zero-order valence-corrected chi connectivity index (χ0v) is 8.39. The Hall–Kier alpha value is -0.700. The number of allylic oxidation sites excluding steroid dienone is 2. The molecule has 0 spiro atoms. The summed E-state index contributed by atoms with van der Waals surface area (Å²) in [4.78, 5) is 0. The Morgan fingerprint density at radius 2 is 1.18 bits per heavy atom. The zero-order valence-electron chi connectivity index (χ0n) is 8.39. The van der Waals surface area contributed by atoms with Gasteiger partial charge >= 0.3 is 0 Å². The van der Waals surface area contributed by atoms with Crippen molar-refractivity contribution in [2.24, 2.45) is 0 Å². The largest absolute Gasteiger partial charge is 0.296 e. The van der Waals surface area contributed by atoms with Crippen LogP contribution in [-0.4, -0.2) is 24.1 Å². The van der Waals surface area contributed by atoms with Crippen LogP contribution in [0.5, 0.6) is 0 Å². The second kappa shape index (κ2) is 4.23.